The van der Waals surface area contributed by atoms with Crippen molar-refractivity contribution in [1.29, 1.82) is 0 Å². The van der Waals surface area contributed by atoms with Gasteiger partial charge in [-0.1, -0.05) is 0 Å². The lowest BCUT2D eigenvalue weighted by atomic mass is 9.99. The van der Waals surface area contributed by atoms with Crippen molar-refractivity contribution < 1.29 is 4.42 Å². The van der Waals surface area contributed by atoms with Gasteiger partial charge in [-0.2, -0.15) is 0 Å². The number of H-pyrrole nitrogens is 2. The third kappa shape index (κ3) is 2.43. The van der Waals surface area contributed by atoms with E-state index >= 15 is 0 Å². The van der Waals surface area contributed by atoms with Crippen molar-refractivity contribution in [3.8, 4) is 0 Å². The van der Waals surface area contributed by atoms with Crippen LogP contribution < -0.4 is 11.2 Å². The SMILES string of the molecule is O=c1[nH]c2c(c(=O)[nH]1)CCN(Cc1cc3c(o1)CCCC3)C2. The van der Waals surface area contributed by atoms with Crippen molar-refractivity contribution in [3.63, 3.8) is 0 Å². The lowest BCUT2D eigenvalue weighted by molar-refractivity contribution is 0.219. The molecule has 0 saturated carbocycles. The predicted octanol–water partition coefficient (Wildman–Crippen LogP) is 1.09. The average Bonchev–Trinajstić information content (AvgIpc) is 2.88. The van der Waals surface area contributed by atoms with Crippen molar-refractivity contribution in [3.05, 3.63) is 55.2 Å². The Morgan fingerprint density at radius 1 is 1.14 bits per heavy atom. The highest BCUT2D eigenvalue weighted by Gasteiger charge is 2.22. The van der Waals surface area contributed by atoms with E-state index in [2.05, 4.69) is 20.9 Å². The molecule has 0 aromatic carbocycles. The van der Waals surface area contributed by atoms with E-state index in [1.807, 2.05) is 0 Å². The molecule has 0 fully saturated rings. The zero-order valence-corrected chi connectivity index (χ0v) is 12.4. The van der Waals surface area contributed by atoms with Crippen molar-refractivity contribution in [2.24, 2.45) is 0 Å². The van der Waals surface area contributed by atoms with Crippen molar-refractivity contribution in [2.75, 3.05) is 6.54 Å². The topological polar surface area (TPSA) is 82.1 Å². The Morgan fingerprint density at radius 2 is 2.00 bits per heavy atom. The van der Waals surface area contributed by atoms with Crippen LogP contribution in [0.2, 0.25) is 0 Å². The molecule has 0 saturated heterocycles. The Hall–Kier alpha value is -2.08. The average molecular weight is 301 g/mol. The standard InChI is InChI=1S/C16H19N3O3/c20-15-12-5-6-19(9-13(12)17-16(21)18-15)8-11-7-10-3-1-2-4-14(10)22-11/h7H,1-6,8-9H2,(H2,17,18,20,21). The molecular formula is C16H19N3O3. The number of aromatic amines is 2. The number of furan rings is 1. The van der Waals surface area contributed by atoms with Gasteiger partial charge in [-0.15, -0.1) is 0 Å². The second kappa shape index (κ2) is 5.28. The quantitative estimate of drug-likeness (QED) is 0.870. The van der Waals surface area contributed by atoms with Gasteiger partial charge in [0.2, 0.25) is 0 Å². The first-order valence-electron chi connectivity index (χ1n) is 7.86. The minimum absolute atomic E-state index is 0.258. The molecule has 2 aromatic heterocycles. The Kier molecular flexibility index (Phi) is 3.26. The van der Waals surface area contributed by atoms with Crippen LogP contribution in [0.3, 0.4) is 0 Å². The predicted molar refractivity (Wildman–Crippen MR) is 80.9 cm³/mol. The van der Waals surface area contributed by atoms with E-state index in [1.165, 1.54) is 18.4 Å². The summed E-state index contributed by atoms with van der Waals surface area (Å²) in [5, 5.41) is 0. The van der Waals surface area contributed by atoms with E-state index in [1.54, 1.807) is 0 Å². The second-order valence-electron chi connectivity index (χ2n) is 6.19. The summed E-state index contributed by atoms with van der Waals surface area (Å²) in [5.74, 6) is 2.13. The van der Waals surface area contributed by atoms with Crippen LogP contribution in [0.5, 0.6) is 0 Å². The monoisotopic (exact) mass is 301 g/mol. The minimum atomic E-state index is -0.431. The molecule has 4 rings (SSSR count). The molecule has 22 heavy (non-hydrogen) atoms. The summed E-state index contributed by atoms with van der Waals surface area (Å²) in [6.45, 7) is 2.11. The molecule has 2 aliphatic rings. The molecule has 1 aliphatic carbocycles. The van der Waals surface area contributed by atoms with Crippen LogP contribution in [0, 0.1) is 0 Å². The number of nitrogens with one attached hydrogen (secondary N) is 2. The molecule has 6 heteroatoms. The van der Waals surface area contributed by atoms with E-state index in [0.29, 0.717) is 18.5 Å². The third-order valence-electron chi connectivity index (χ3n) is 4.62. The van der Waals surface area contributed by atoms with Gasteiger partial charge in [0.05, 0.1) is 6.54 Å². The molecule has 116 valence electrons. The summed E-state index contributed by atoms with van der Waals surface area (Å²) in [4.78, 5) is 30.4. The van der Waals surface area contributed by atoms with Crippen molar-refractivity contribution in [2.45, 2.75) is 45.2 Å². The van der Waals surface area contributed by atoms with E-state index in [-0.39, 0.29) is 5.56 Å². The number of hydrogen-bond acceptors (Lipinski definition) is 4. The fourth-order valence-electron chi connectivity index (χ4n) is 3.52. The Morgan fingerprint density at radius 3 is 2.86 bits per heavy atom. The summed E-state index contributed by atoms with van der Waals surface area (Å²) in [6, 6.07) is 2.17. The number of aryl methyl sites for hydroxylation is 2. The zero-order valence-electron chi connectivity index (χ0n) is 12.4. The molecule has 0 spiro atoms. The maximum atomic E-state index is 11.8. The minimum Gasteiger partial charge on any atom is -0.464 e. The van der Waals surface area contributed by atoms with Gasteiger partial charge in [0, 0.05) is 30.8 Å². The van der Waals surface area contributed by atoms with Crippen molar-refractivity contribution in [1.82, 2.24) is 14.9 Å². The summed E-state index contributed by atoms with van der Waals surface area (Å²) >= 11 is 0. The smallest absolute Gasteiger partial charge is 0.325 e. The molecule has 2 N–H and O–H groups in total. The first-order chi connectivity index (χ1) is 10.7. The largest absolute Gasteiger partial charge is 0.464 e. The van der Waals surface area contributed by atoms with Gasteiger partial charge >= 0.3 is 5.69 Å². The third-order valence-corrected chi connectivity index (χ3v) is 4.62. The van der Waals surface area contributed by atoms with Gasteiger partial charge in [0.25, 0.3) is 5.56 Å². The first-order valence-corrected chi connectivity index (χ1v) is 7.86. The second-order valence-corrected chi connectivity index (χ2v) is 6.19. The number of nitrogens with zero attached hydrogens (tertiary/aromatic N) is 1. The van der Waals surface area contributed by atoms with Crippen LogP contribution >= 0.6 is 0 Å². The van der Waals surface area contributed by atoms with Crippen LogP contribution in [0.4, 0.5) is 0 Å². The van der Waals surface area contributed by atoms with Crippen LogP contribution in [0.1, 0.15) is 41.2 Å². The molecule has 1 aliphatic heterocycles. The van der Waals surface area contributed by atoms with Gasteiger partial charge in [-0.05, 0) is 37.3 Å². The molecule has 0 radical (unpaired) electrons. The van der Waals surface area contributed by atoms with Gasteiger partial charge in [0.1, 0.15) is 11.5 Å². The van der Waals surface area contributed by atoms with Crippen molar-refractivity contribution >= 4 is 0 Å². The molecule has 6 nitrogen and oxygen atoms in total. The fraction of sp³-hybridized carbons (Fsp3) is 0.500. The number of fused-ring (bicyclic) bond motifs is 2. The van der Waals surface area contributed by atoms with Gasteiger partial charge in [-0.3, -0.25) is 14.7 Å². The fourth-order valence-corrected chi connectivity index (χ4v) is 3.52. The summed E-state index contributed by atoms with van der Waals surface area (Å²) in [6.07, 6.45) is 5.27. The molecule has 0 atom stereocenters. The van der Waals surface area contributed by atoms with Crippen LogP contribution in [-0.2, 0) is 32.4 Å². The molecule has 0 unspecified atom stereocenters. The Labute approximate surface area is 127 Å². The number of hydrogen-bond donors (Lipinski definition) is 2. The van der Waals surface area contributed by atoms with E-state index in [0.717, 1.165) is 43.1 Å². The Balaban J connectivity index is 1.54. The number of rotatable bonds is 2. The number of aromatic nitrogens is 2. The molecular weight excluding hydrogens is 282 g/mol. The molecule has 0 amide bonds. The lowest BCUT2D eigenvalue weighted by Gasteiger charge is -2.26. The molecule has 2 aromatic rings. The zero-order chi connectivity index (χ0) is 15.1. The first kappa shape index (κ1) is 13.6. The summed E-state index contributed by atoms with van der Waals surface area (Å²) in [5.41, 5.74) is 2.10. The van der Waals surface area contributed by atoms with Gasteiger partial charge < -0.3 is 9.40 Å². The highest BCUT2D eigenvalue weighted by molar-refractivity contribution is 5.25. The van der Waals surface area contributed by atoms with Crippen LogP contribution in [0.15, 0.2) is 20.1 Å². The highest BCUT2D eigenvalue weighted by atomic mass is 16.3. The molecule has 3 heterocycles. The maximum absolute atomic E-state index is 11.8. The summed E-state index contributed by atoms with van der Waals surface area (Å²) in [7, 11) is 0. The van der Waals surface area contributed by atoms with E-state index in [4.69, 9.17) is 4.42 Å². The highest BCUT2D eigenvalue weighted by Crippen LogP contribution is 2.26. The van der Waals surface area contributed by atoms with Gasteiger partial charge in [0.15, 0.2) is 0 Å². The normalized spacial score (nSPS) is 18.0. The Bertz CT molecular complexity index is 791. The molecule has 0 bridgehead atoms. The lowest BCUT2D eigenvalue weighted by Crippen LogP contribution is -2.38. The van der Waals surface area contributed by atoms with E-state index in [9.17, 15) is 9.59 Å². The van der Waals surface area contributed by atoms with Crippen LogP contribution in [-0.4, -0.2) is 21.4 Å². The van der Waals surface area contributed by atoms with Gasteiger partial charge in [-0.25, -0.2) is 4.79 Å². The van der Waals surface area contributed by atoms with E-state index < -0.39 is 5.69 Å². The van der Waals surface area contributed by atoms with Crippen LogP contribution in [0.25, 0.3) is 0 Å². The summed E-state index contributed by atoms with van der Waals surface area (Å²) < 4.78 is 5.96. The maximum Gasteiger partial charge on any atom is 0.325 e.